The van der Waals surface area contributed by atoms with Gasteiger partial charge in [-0.1, -0.05) is 150 Å². The molecule has 0 aliphatic carbocycles. The number of allylic oxidation sites excluding steroid dienone is 14. The highest BCUT2D eigenvalue weighted by Gasteiger charge is 2.28. The van der Waals surface area contributed by atoms with Gasteiger partial charge in [-0.15, -0.1) is 0 Å². The van der Waals surface area contributed by atoms with Crippen LogP contribution in [-0.4, -0.2) is 59.9 Å². The second kappa shape index (κ2) is 42.4. The van der Waals surface area contributed by atoms with Gasteiger partial charge in [-0.05, 0) is 89.9 Å². The molecule has 342 valence electrons. The smallest absolute Gasteiger partial charge is 0.472 e. The van der Waals surface area contributed by atoms with Crippen LogP contribution < -0.4 is 5.73 Å². The largest absolute Gasteiger partial charge is 0.480 e. The number of carboxylic acid groups (broad SMARTS) is 1. The van der Waals surface area contributed by atoms with Crippen LogP contribution in [0.3, 0.4) is 0 Å². The summed E-state index contributed by atoms with van der Waals surface area (Å²) in [5.74, 6) is -2.44. The summed E-state index contributed by atoms with van der Waals surface area (Å²) in [6.45, 7) is 2.61. The molecule has 0 aliphatic heterocycles. The number of hydrogen-bond donors (Lipinski definition) is 3. The van der Waals surface area contributed by atoms with E-state index in [0.717, 1.165) is 89.9 Å². The maximum Gasteiger partial charge on any atom is 0.472 e. The lowest BCUT2D eigenvalue weighted by Gasteiger charge is -2.20. The minimum Gasteiger partial charge on any atom is -0.480 e. The van der Waals surface area contributed by atoms with Crippen molar-refractivity contribution in [3.05, 3.63) is 85.1 Å². The van der Waals surface area contributed by atoms with Gasteiger partial charge in [0.25, 0.3) is 0 Å². The molecule has 0 aromatic carbocycles. The molecule has 0 aliphatic rings. The van der Waals surface area contributed by atoms with Gasteiger partial charge < -0.3 is 25.2 Å². The predicted octanol–water partition coefficient (Wildman–Crippen LogP) is 12.3. The second-order valence-corrected chi connectivity index (χ2v) is 16.2. The number of esters is 2. The van der Waals surface area contributed by atoms with Crippen LogP contribution in [0.1, 0.15) is 168 Å². The van der Waals surface area contributed by atoms with Crippen LogP contribution in [-0.2, 0) is 37.5 Å². The van der Waals surface area contributed by atoms with Crippen molar-refractivity contribution < 1.29 is 47.5 Å². The van der Waals surface area contributed by atoms with Crippen LogP contribution in [0.5, 0.6) is 0 Å². The Hall–Kier alpha value is -3.34. The molecule has 0 fully saturated rings. The molecule has 0 saturated heterocycles. The van der Waals surface area contributed by atoms with Crippen LogP contribution in [0.15, 0.2) is 85.1 Å². The monoisotopic (exact) mass is 862 g/mol. The fourth-order valence-corrected chi connectivity index (χ4v) is 6.37. The van der Waals surface area contributed by atoms with E-state index in [0.29, 0.717) is 12.8 Å². The van der Waals surface area contributed by atoms with Crippen molar-refractivity contribution >= 4 is 25.7 Å². The number of phosphoric acid groups is 1. The summed E-state index contributed by atoms with van der Waals surface area (Å²) < 4.78 is 32.7. The maximum atomic E-state index is 12.6. The minimum atomic E-state index is -4.73. The molecule has 1 unspecified atom stereocenters. The van der Waals surface area contributed by atoms with E-state index in [9.17, 15) is 23.8 Å². The topological polar surface area (TPSA) is 172 Å². The lowest BCUT2D eigenvalue weighted by Crippen LogP contribution is -2.34. The Balaban J connectivity index is 4.43. The average molecular weight is 862 g/mol. The molecule has 0 spiro atoms. The number of nitrogens with two attached hydrogens (primary N) is 1. The van der Waals surface area contributed by atoms with E-state index in [1.807, 2.05) is 0 Å². The molecule has 0 radical (unpaired) electrons. The van der Waals surface area contributed by atoms with Crippen molar-refractivity contribution in [1.82, 2.24) is 0 Å². The molecule has 0 bridgehead atoms. The number of rotatable bonds is 41. The minimum absolute atomic E-state index is 0.140. The van der Waals surface area contributed by atoms with E-state index in [2.05, 4.69) is 103 Å². The number of aliphatic carboxylic acids is 1. The first-order valence-corrected chi connectivity index (χ1v) is 24.1. The summed E-state index contributed by atoms with van der Waals surface area (Å²) in [5.41, 5.74) is 5.34. The molecule has 0 heterocycles. The zero-order chi connectivity index (χ0) is 44.2. The summed E-state index contributed by atoms with van der Waals surface area (Å²) in [6.07, 6.45) is 52.1. The van der Waals surface area contributed by atoms with Gasteiger partial charge in [-0.2, -0.15) is 0 Å². The third-order valence-electron chi connectivity index (χ3n) is 9.13. The highest BCUT2D eigenvalue weighted by atomic mass is 31.2. The molecule has 0 amide bonds. The average Bonchev–Trinajstić information content (AvgIpc) is 3.22. The summed E-state index contributed by atoms with van der Waals surface area (Å²) in [5, 5.41) is 8.90. The first-order chi connectivity index (χ1) is 29.1. The molecule has 0 aromatic rings. The number of ether oxygens (including phenoxy) is 2. The van der Waals surface area contributed by atoms with Gasteiger partial charge in [-0.25, -0.2) is 4.57 Å². The van der Waals surface area contributed by atoms with Gasteiger partial charge in [0, 0.05) is 12.8 Å². The molecule has 11 nitrogen and oxygen atoms in total. The number of phosphoric ester groups is 1. The number of carbonyl (C=O) groups excluding carboxylic acids is 2. The van der Waals surface area contributed by atoms with Gasteiger partial charge in [0.2, 0.25) is 0 Å². The van der Waals surface area contributed by atoms with E-state index in [1.54, 1.807) is 0 Å². The van der Waals surface area contributed by atoms with Crippen molar-refractivity contribution in [2.75, 3.05) is 19.8 Å². The Bertz CT molecular complexity index is 1340. The molecular weight excluding hydrogens is 781 g/mol. The van der Waals surface area contributed by atoms with Crippen LogP contribution in [0.25, 0.3) is 0 Å². The van der Waals surface area contributed by atoms with Crippen molar-refractivity contribution in [2.24, 2.45) is 5.73 Å². The Morgan fingerprint density at radius 2 is 0.933 bits per heavy atom. The first kappa shape index (κ1) is 56.7. The molecule has 0 rings (SSSR count). The third kappa shape index (κ3) is 41.4. The molecular formula is C48H80NO10P. The lowest BCUT2D eigenvalue weighted by atomic mass is 10.1. The second-order valence-electron chi connectivity index (χ2n) is 14.8. The maximum absolute atomic E-state index is 12.6. The van der Waals surface area contributed by atoms with E-state index < -0.39 is 51.1 Å². The predicted molar refractivity (Wildman–Crippen MR) is 244 cm³/mol. The van der Waals surface area contributed by atoms with Crippen LogP contribution in [0.4, 0.5) is 0 Å². The Labute approximate surface area is 362 Å². The molecule has 0 saturated carbocycles. The van der Waals surface area contributed by atoms with E-state index >= 15 is 0 Å². The summed E-state index contributed by atoms with van der Waals surface area (Å²) in [4.78, 5) is 46.0. The summed E-state index contributed by atoms with van der Waals surface area (Å²) in [6, 6.07) is -1.53. The molecule has 12 heteroatoms. The summed E-state index contributed by atoms with van der Waals surface area (Å²) >= 11 is 0. The zero-order valence-electron chi connectivity index (χ0n) is 37.0. The van der Waals surface area contributed by atoms with E-state index in [1.165, 1.54) is 38.5 Å². The zero-order valence-corrected chi connectivity index (χ0v) is 37.9. The summed E-state index contributed by atoms with van der Waals surface area (Å²) in [7, 11) is -4.73. The Morgan fingerprint density at radius 3 is 1.42 bits per heavy atom. The fourth-order valence-electron chi connectivity index (χ4n) is 5.59. The molecule has 3 atom stereocenters. The van der Waals surface area contributed by atoms with Crippen LogP contribution in [0, 0.1) is 0 Å². The number of carboxylic acids is 1. The lowest BCUT2D eigenvalue weighted by molar-refractivity contribution is -0.161. The first-order valence-electron chi connectivity index (χ1n) is 22.6. The quantitative estimate of drug-likeness (QED) is 0.0231. The van der Waals surface area contributed by atoms with E-state index in [-0.39, 0.29) is 19.4 Å². The fraction of sp³-hybridized carbons (Fsp3) is 0.646. The molecule has 0 aromatic heterocycles. The highest BCUT2D eigenvalue weighted by molar-refractivity contribution is 7.47. The molecule has 60 heavy (non-hydrogen) atoms. The van der Waals surface area contributed by atoms with Crippen LogP contribution in [0.2, 0.25) is 0 Å². The van der Waals surface area contributed by atoms with Gasteiger partial charge in [0.15, 0.2) is 6.10 Å². The number of unbranched alkanes of at least 4 members (excludes halogenated alkanes) is 13. The van der Waals surface area contributed by atoms with Gasteiger partial charge in [-0.3, -0.25) is 23.4 Å². The number of carbonyl (C=O) groups is 3. The van der Waals surface area contributed by atoms with Crippen molar-refractivity contribution in [3.8, 4) is 0 Å². The third-order valence-corrected chi connectivity index (χ3v) is 10.1. The number of hydrogen-bond acceptors (Lipinski definition) is 9. The standard InChI is InChI=1S/C48H80NO10P/c1-3-5-7-9-11-13-15-17-19-21-22-24-25-27-29-31-33-35-37-39-46(50)56-41-44(42-57-60(54,55)58-43-45(49)48(52)53)59-47(51)40-38-36-34-32-30-28-26-23-20-18-16-14-12-10-8-6-4-2/h5,7,11-14,17-20,22,24,27,29,44-45H,3-4,6,8-10,15-16,21,23,25-26,28,30-43,49H2,1-2H3,(H,52,53)(H,54,55)/b7-5+,13-11+,14-12+,19-17+,20-18+,24-22+,29-27+/t44-,45+/m1/s1. The van der Waals surface area contributed by atoms with Crippen LogP contribution >= 0.6 is 7.82 Å². The Morgan fingerprint density at radius 1 is 0.533 bits per heavy atom. The van der Waals surface area contributed by atoms with Gasteiger partial charge in [0.05, 0.1) is 13.2 Å². The van der Waals surface area contributed by atoms with Crippen molar-refractivity contribution in [2.45, 2.75) is 180 Å². The van der Waals surface area contributed by atoms with Gasteiger partial charge >= 0.3 is 25.7 Å². The SMILES string of the molecule is CC/C=C/C/C=C/C/C=C/C/C=C/C/C=C/CCCCCC(=O)OC[C@H](COP(=O)(O)OC[C@H](N)C(=O)O)OC(=O)CCCCCCCCC/C=C/C/C=C/CCCCC. The normalized spacial score (nSPS) is 14.5. The molecule has 4 N–H and O–H groups in total. The van der Waals surface area contributed by atoms with E-state index in [4.69, 9.17) is 24.8 Å². The van der Waals surface area contributed by atoms with Crippen molar-refractivity contribution in [3.63, 3.8) is 0 Å². The highest BCUT2D eigenvalue weighted by Crippen LogP contribution is 2.43. The Kier molecular flexibility index (Phi) is 40.0. The van der Waals surface area contributed by atoms with Gasteiger partial charge in [0.1, 0.15) is 12.6 Å². The van der Waals surface area contributed by atoms with Crippen molar-refractivity contribution in [1.29, 1.82) is 0 Å².